The summed E-state index contributed by atoms with van der Waals surface area (Å²) in [7, 11) is 0. The highest BCUT2D eigenvalue weighted by Gasteiger charge is 2.53. The number of nitrogens with zero attached hydrogens (tertiary/aromatic N) is 5. The lowest BCUT2D eigenvalue weighted by atomic mass is 9.72. The standard InChI is InChI=1S/C31H29F2N5O3/c1-5-24(40)36-13-31(14-36)15-37(16-31)28-20-12-22(33)26(25-21(32)10-7-11-23(25)39)34-29(20)38(30(41)35-28)27-18(4)8-6-9-19(27)17(2)3/h5-12,17,39H,1,13-16H2,2-4H3. The molecular formula is C31H29F2N5O3. The van der Waals surface area contributed by atoms with Crippen LogP contribution in [-0.2, 0) is 4.79 Å². The average molecular weight is 558 g/mol. The molecule has 41 heavy (non-hydrogen) atoms. The van der Waals surface area contributed by atoms with Crippen LogP contribution in [0.5, 0.6) is 5.75 Å². The minimum atomic E-state index is -0.860. The SMILES string of the molecule is C=CC(=O)N1CC2(C1)CN(c1nc(=O)n(-c3c(C)cccc3C(C)C)c3nc(-c4c(O)cccc4F)c(F)cc13)C2. The summed E-state index contributed by atoms with van der Waals surface area (Å²) in [5, 5.41) is 10.7. The third-order valence-corrected chi connectivity index (χ3v) is 8.04. The van der Waals surface area contributed by atoms with Crippen LogP contribution in [0.2, 0.25) is 0 Å². The lowest BCUT2D eigenvalue weighted by molar-refractivity contribution is -0.139. The first-order valence-corrected chi connectivity index (χ1v) is 13.4. The zero-order valence-electron chi connectivity index (χ0n) is 23.0. The lowest BCUT2D eigenvalue weighted by Gasteiger charge is -2.60. The van der Waals surface area contributed by atoms with E-state index in [2.05, 4.69) is 16.5 Å². The maximum absolute atomic E-state index is 15.7. The number of aromatic nitrogens is 3. The predicted molar refractivity (Wildman–Crippen MR) is 152 cm³/mol. The van der Waals surface area contributed by atoms with E-state index < -0.39 is 28.8 Å². The van der Waals surface area contributed by atoms with E-state index >= 15 is 4.39 Å². The second kappa shape index (κ2) is 9.50. The molecule has 2 aromatic heterocycles. The summed E-state index contributed by atoms with van der Waals surface area (Å²) in [4.78, 5) is 38.3. The van der Waals surface area contributed by atoms with Crippen LogP contribution in [0.4, 0.5) is 14.6 Å². The van der Waals surface area contributed by atoms with Gasteiger partial charge in [-0.1, -0.05) is 44.7 Å². The van der Waals surface area contributed by atoms with Gasteiger partial charge >= 0.3 is 5.69 Å². The molecule has 210 valence electrons. The summed E-state index contributed by atoms with van der Waals surface area (Å²) >= 11 is 0. The van der Waals surface area contributed by atoms with E-state index in [0.717, 1.165) is 17.2 Å². The number of pyridine rings is 1. The zero-order valence-corrected chi connectivity index (χ0v) is 23.0. The summed E-state index contributed by atoms with van der Waals surface area (Å²) in [5.74, 6) is -1.99. The van der Waals surface area contributed by atoms with Gasteiger partial charge in [0.25, 0.3) is 0 Å². The highest BCUT2D eigenvalue weighted by atomic mass is 19.1. The van der Waals surface area contributed by atoms with E-state index in [9.17, 15) is 19.1 Å². The number of fused-ring (bicyclic) bond motifs is 1. The lowest BCUT2D eigenvalue weighted by Crippen LogP contribution is -2.73. The van der Waals surface area contributed by atoms with Crippen LogP contribution in [0.15, 0.2) is 59.9 Å². The van der Waals surface area contributed by atoms with Gasteiger partial charge in [-0.3, -0.25) is 4.79 Å². The Morgan fingerprint density at radius 3 is 2.44 bits per heavy atom. The molecule has 2 saturated heterocycles. The number of hydrogen-bond donors (Lipinski definition) is 1. The van der Waals surface area contributed by atoms with Gasteiger partial charge in [0.1, 0.15) is 23.1 Å². The Bertz CT molecular complexity index is 1780. The normalized spacial score (nSPS) is 15.8. The number of aromatic hydroxyl groups is 1. The van der Waals surface area contributed by atoms with Crippen LogP contribution in [0.3, 0.4) is 0 Å². The van der Waals surface area contributed by atoms with E-state index in [1.54, 1.807) is 4.90 Å². The molecule has 0 atom stereocenters. The number of hydrogen-bond acceptors (Lipinski definition) is 6. The van der Waals surface area contributed by atoms with Crippen molar-refractivity contribution < 1.29 is 18.7 Å². The van der Waals surface area contributed by atoms with Gasteiger partial charge in [-0.15, -0.1) is 0 Å². The highest BCUT2D eigenvalue weighted by Crippen LogP contribution is 2.44. The van der Waals surface area contributed by atoms with Gasteiger partial charge < -0.3 is 14.9 Å². The first kappa shape index (κ1) is 26.6. The molecule has 1 N–H and O–H groups in total. The number of amides is 1. The number of carbonyl (C=O) groups excluding carboxylic acids is 1. The molecule has 0 radical (unpaired) electrons. The van der Waals surface area contributed by atoms with Crippen LogP contribution >= 0.6 is 0 Å². The van der Waals surface area contributed by atoms with Crippen LogP contribution < -0.4 is 10.6 Å². The van der Waals surface area contributed by atoms with Crippen LogP contribution in [0.25, 0.3) is 28.0 Å². The van der Waals surface area contributed by atoms with Gasteiger partial charge in [0, 0.05) is 31.6 Å². The molecular weight excluding hydrogens is 528 g/mol. The monoisotopic (exact) mass is 557 g/mol. The van der Waals surface area contributed by atoms with Crippen LogP contribution in [0, 0.1) is 24.0 Å². The maximum atomic E-state index is 15.7. The van der Waals surface area contributed by atoms with E-state index in [4.69, 9.17) is 0 Å². The first-order valence-electron chi connectivity index (χ1n) is 13.4. The number of phenols is 1. The van der Waals surface area contributed by atoms with Gasteiger partial charge in [0.15, 0.2) is 11.5 Å². The predicted octanol–water partition coefficient (Wildman–Crippen LogP) is 4.70. The molecule has 6 rings (SSSR count). The number of halogens is 2. The number of para-hydroxylation sites is 1. The fourth-order valence-corrected chi connectivity index (χ4v) is 6.09. The number of carbonyl (C=O) groups is 1. The number of phenolic OH excluding ortho intramolecular Hbond substituents is 1. The molecule has 10 heteroatoms. The smallest absolute Gasteiger partial charge is 0.355 e. The molecule has 2 fully saturated rings. The van der Waals surface area contributed by atoms with Crippen molar-refractivity contribution in [2.45, 2.75) is 26.7 Å². The Balaban J connectivity index is 1.56. The summed E-state index contributed by atoms with van der Waals surface area (Å²) in [5.41, 5.74) is 0.814. The molecule has 1 amide bonds. The molecule has 4 aromatic rings. The molecule has 0 unspecified atom stereocenters. The van der Waals surface area contributed by atoms with Crippen molar-refractivity contribution in [3.05, 3.63) is 88.4 Å². The van der Waals surface area contributed by atoms with Gasteiger partial charge in [0.05, 0.1) is 16.6 Å². The Hall–Kier alpha value is -4.60. The van der Waals surface area contributed by atoms with Crippen molar-refractivity contribution in [2.75, 3.05) is 31.1 Å². The third-order valence-electron chi connectivity index (χ3n) is 8.04. The zero-order chi connectivity index (χ0) is 29.2. The number of aryl methyl sites for hydroxylation is 1. The van der Waals surface area contributed by atoms with Gasteiger partial charge in [-0.2, -0.15) is 4.98 Å². The Kier molecular flexibility index (Phi) is 6.17. The van der Waals surface area contributed by atoms with Crippen molar-refractivity contribution in [1.29, 1.82) is 0 Å². The summed E-state index contributed by atoms with van der Waals surface area (Å²) in [6.07, 6.45) is 1.29. The second-order valence-corrected chi connectivity index (χ2v) is 11.3. The first-order chi connectivity index (χ1) is 19.5. The topological polar surface area (TPSA) is 91.6 Å². The summed E-state index contributed by atoms with van der Waals surface area (Å²) in [6.45, 7) is 11.6. The molecule has 2 aliphatic rings. The van der Waals surface area contributed by atoms with E-state index in [1.807, 2.05) is 43.9 Å². The Morgan fingerprint density at radius 2 is 1.78 bits per heavy atom. The summed E-state index contributed by atoms with van der Waals surface area (Å²) in [6, 6.07) is 10.6. The van der Waals surface area contributed by atoms with Crippen molar-refractivity contribution in [2.24, 2.45) is 5.41 Å². The molecule has 2 aliphatic heterocycles. The number of likely N-dealkylation sites (tertiary alicyclic amines) is 1. The minimum Gasteiger partial charge on any atom is -0.507 e. The van der Waals surface area contributed by atoms with E-state index in [-0.39, 0.29) is 39.7 Å². The van der Waals surface area contributed by atoms with Crippen LogP contribution in [0.1, 0.15) is 30.9 Å². The van der Waals surface area contributed by atoms with Gasteiger partial charge in [0.2, 0.25) is 5.91 Å². The third kappa shape index (κ3) is 4.16. The molecule has 0 bridgehead atoms. The van der Waals surface area contributed by atoms with Gasteiger partial charge in [-0.05, 0) is 48.2 Å². The molecule has 0 aliphatic carbocycles. The molecule has 2 aromatic carbocycles. The quantitative estimate of drug-likeness (QED) is 0.358. The fraction of sp³-hybridized carbons (Fsp3) is 0.290. The van der Waals surface area contributed by atoms with Gasteiger partial charge in [-0.25, -0.2) is 23.1 Å². The Labute approximate surface area is 235 Å². The van der Waals surface area contributed by atoms with Crippen molar-refractivity contribution in [1.82, 2.24) is 19.4 Å². The molecule has 1 spiro atoms. The highest BCUT2D eigenvalue weighted by molar-refractivity contribution is 5.92. The van der Waals surface area contributed by atoms with Crippen molar-refractivity contribution in [3.63, 3.8) is 0 Å². The van der Waals surface area contributed by atoms with E-state index in [0.29, 0.717) is 31.9 Å². The van der Waals surface area contributed by atoms with Crippen molar-refractivity contribution in [3.8, 4) is 22.7 Å². The molecule has 0 saturated carbocycles. The fourth-order valence-electron chi connectivity index (χ4n) is 6.09. The molecule has 8 nitrogen and oxygen atoms in total. The minimum absolute atomic E-state index is 0.0390. The number of benzene rings is 2. The van der Waals surface area contributed by atoms with Crippen molar-refractivity contribution >= 4 is 22.8 Å². The maximum Gasteiger partial charge on any atom is 0.355 e. The van der Waals surface area contributed by atoms with E-state index in [1.165, 1.54) is 28.8 Å². The second-order valence-electron chi connectivity index (χ2n) is 11.3. The van der Waals surface area contributed by atoms with Crippen LogP contribution in [-0.4, -0.2) is 56.6 Å². The Morgan fingerprint density at radius 1 is 1.07 bits per heavy atom. The summed E-state index contributed by atoms with van der Waals surface area (Å²) < 4.78 is 32.0. The molecule has 4 heterocycles. The number of rotatable bonds is 5. The largest absolute Gasteiger partial charge is 0.507 e. The number of anilines is 1. The average Bonchev–Trinajstić information content (AvgIpc) is 2.87.